The van der Waals surface area contributed by atoms with E-state index in [1.165, 1.54) is 11.8 Å². The largest absolute Gasteiger partial charge is 0.508 e. The van der Waals surface area contributed by atoms with Crippen LogP contribution in [0.15, 0.2) is 52.3 Å². The fraction of sp³-hybridized carbons (Fsp3) is 0.0714. The standard InChI is InChI=1S/C14H11IO3S/c15-10-1-6-13(9(7-10)8-14(17)18)19-12-4-2-11(16)3-5-12/h1-7,16H,8H2,(H,17,18). The number of carboxylic acid groups (broad SMARTS) is 1. The van der Waals surface area contributed by atoms with E-state index in [2.05, 4.69) is 22.6 Å². The molecule has 2 aromatic rings. The Morgan fingerprint density at radius 2 is 1.84 bits per heavy atom. The summed E-state index contributed by atoms with van der Waals surface area (Å²) in [6, 6.07) is 12.6. The molecule has 5 heteroatoms. The summed E-state index contributed by atoms with van der Waals surface area (Å²) in [6.45, 7) is 0. The molecular weight excluding hydrogens is 375 g/mol. The Kier molecular flexibility index (Phi) is 4.71. The average molecular weight is 386 g/mol. The zero-order valence-corrected chi connectivity index (χ0v) is 12.8. The van der Waals surface area contributed by atoms with Gasteiger partial charge in [0.25, 0.3) is 0 Å². The predicted molar refractivity (Wildman–Crippen MR) is 82.7 cm³/mol. The highest BCUT2D eigenvalue weighted by Crippen LogP contribution is 2.32. The Labute approximate surface area is 128 Å². The van der Waals surface area contributed by atoms with Crippen LogP contribution in [0.3, 0.4) is 0 Å². The third kappa shape index (κ3) is 4.14. The monoisotopic (exact) mass is 386 g/mol. The molecule has 98 valence electrons. The third-order valence-corrected chi connectivity index (χ3v) is 4.23. The number of benzene rings is 2. The molecule has 0 aliphatic carbocycles. The maximum atomic E-state index is 10.9. The van der Waals surface area contributed by atoms with Crippen molar-refractivity contribution in [3.05, 3.63) is 51.6 Å². The minimum atomic E-state index is -0.838. The summed E-state index contributed by atoms with van der Waals surface area (Å²) in [5.41, 5.74) is 0.803. The van der Waals surface area contributed by atoms with Crippen LogP contribution in [0.2, 0.25) is 0 Å². The number of hydrogen-bond donors (Lipinski definition) is 2. The molecule has 2 rings (SSSR count). The summed E-state index contributed by atoms with van der Waals surface area (Å²) < 4.78 is 1.02. The molecule has 0 aliphatic heterocycles. The van der Waals surface area contributed by atoms with Crippen molar-refractivity contribution >= 4 is 40.3 Å². The lowest BCUT2D eigenvalue weighted by Gasteiger charge is -2.08. The molecule has 19 heavy (non-hydrogen) atoms. The number of carboxylic acids is 1. The van der Waals surface area contributed by atoms with Crippen molar-refractivity contribution in [2.24, 2.45) is 0 Å². The van der Waals surface area contributed by atoms with Crippen LogP contribution >= 0.6 is 34.4 Å². The molecule has 0 aromatic heterocycles. The second-order valence-electron chi connectivity index (χ2n) is 3.92. The predicted octanol–water partition coefficient (Wildman–Crippen LogP) is 3.78. The maximum Gasteiger partial charge on any atom is 0.307 e. The van der Waals surface area contributed by atoms with Gasteiger partial charge in [-0.25, -0.2) is 0 Å². The van der Waals surface area contributed by atoms with Crippen molar-refractivity contribution in [1.82, 2.24) is 0 Å². The molecule has 0 unspecified atom stereocenters. The summed E-state index contributed by atoms with van der Waals surface area (Å²) >= 11 is 3.66. The van der Waals surface area contributed by atoms with Gasteiger partial charge in [-0.15, -0.1) is 0 Å². The lowest BCUT2D eigenvalue weighted by Crippen LogP contribution is -2.01. The van der Waals surface area contributed by atoms with Crippen molar-refractivity contribution in [1.29, 1.82) is 0 Å². The van der Waals surface area contributed by atoms with Gasteiger partial charge in [0.1, 0.15) is 5.75 Å². The van der Waals surface area contributed by atoms with Crippen LogP contribution in [-0.2, 0) is 11.2 Å². The second-order valence-corrected chi connectivity index (χ2v) is 6.28. The molecule has 0 fully saturated rings. The summed E-state index contributed by atoms with van der Waals surface area (Å²) in [5.74, 6) is -0.618. The van der Waals surface area contributed by atoms with Crippen LogP contribution < -0.4 is 0 Å². The first-order chi connectivity index (χ1) is 9.04. The Balaban J connectivity index is 2.28. The zero-order valence-electron chi connectivity index (χ0n) is 9.84. The van der Waals surface area contributed by atoms with Gasteiger partial charge in [0, 0.05) is 13.4 Å². The van der Waals surface area contributed by atoms with Crippen molar-refractivity contribution in [2.45, 2.75) is 16.2 Å². The molecule has 0 atom stereocenters. The summed E-state index contributed by atoms with van der Waals surface area (Å²) in [5, 5.41) is 18.2. The van der Waals surface area contributed by atoms with Crippen molar-refractivity contribution in [3.63, 3.8) is 0 Å². The smallest absolute Gasteiger partial charge is 0.307 e. The number of rotatable bonds is 4. The fourth-order valence-corrected chi connectivity index (χ4v) is 3.07. The van der Waals surface area contributed by atoms with Crippen LogP contribution in [-0.4, -0.2) is 16.2 Å². The van der Waals surface area contributed by atoms with Gasteiger partial charge in [0.05, 0.1) is 6.42 Å². The highest BCUT2D eigenvalue weighted by Gasteiger charge is 2.09. The van der Waals surface area contributed by atoms with Gasteiger partial charge in [0.2, 0.25) is 0 Å². The van der Waals surface area contributed by atoms with Gasteiger partial charge in [-0.1, -0.05) is 11.8 Å². The van der Waals surface area contributed by atoms with Crippen LogP contribution in [0.25, 0.3) is 0 Å². The molecule has 0 bridgehead atoms. The number of hydrogen-bond acceptors (Lipinski definition) is 3. The Bertz CT molecular complexity index is 596. The lowest BCUT2D eigenvalue weighted by molar-refractivity contribution is -0.136. The van der Waals surface area contributed by atoms with Gasteiger partial charge >= 0.3 is 5.97 Å². The molecule has 3 nitrogen and oxygen atoms in total. The molecule has 2 N–H and O–H groups in total. The van der Waals surface area contributed by atoms with Crippen LogP contribution in [0.5, 0.6) is 5.75 Å². The molecular formula is C14H11IO3S. The molecule has 0 heterocycles. The van der Waals surface area contributed by atoms with E-state index in [9.17, 15) is 9.90 Å². The topological polar surface area (TPSA) is 57.5 Å². The first-order valence-electron chi connectivity index (χ1n) is 5.52. The highest BCUT2D eigenvalue weighted by atomic mass is 127. The quantitative estimate of drug-likeness (QED) is 0.786. The minimum absolute atomic E-state index is 0.0112. The van der Waals surface area contributed by atoms with Crippen LogP contribution in [0, 0.1) is 3.57 Å². The number of aliphatic carboxylic acids is 1. The van der Waals surface area contributed by atoms with Crippen LogP contribution in [0.1, 0.15) is 5.56 Å². The SMILES string of the molecule is O=C(O)Cc1cc(I)ccc1Sc1ccc(O)cc1. The van der Waals surface area contributed by atoms with Gasteiger partial charge in [0.15, 0.2) is 0 Å². The highest BCUT2D eigenvalue weighted by molar-refractivity contribution is 14.1. The number of phenols is 1. The third-order valence-electron chi connectivity index (χ3n) is 2.43. The Morgan fingerprint density at radius 1 is 1.16 bits per heavy atom. The van der Waals surface area contributed by atoms with Crippen molar-refractivity contribution in [2.75, 3.05) is 0 Å². The molecule has 0 spiro atoms. The number of phenolic OH excluding ortho intramolecular Hbond substituents is 1. The van der Waals surface area contributed by atoms with Gasteiger partial charge < -0.3 is 10.2 Å². The van der Waals surface area contributed by atoms with Gasteiger partial charge in [-0.05, 0) is 70.6 Å². The first kappa shape index (κ1) is 14.2. The number of aromatic hydroxyl groups is 1. The van der Waals surface area contributed by atoms with Crippen molar-refractivity contribution in [3.8, 4) is 5.75 Å². The summed E-state index contributed by atoms with van der Waals surface area (Å²) in [7, 11) is 0. The van der Waals surface area contributed by atoms with E-state index in [1.807, 2.05) is 30.3 Å². The molecule has 0 radical (unpaired) electrons. The van der Waals surface area contributed by atoms with Crippen LogP contribution in [0.4, 0.5) is 0 Å². The van der Waals surface area contributed by atoms with E-state index in [0.29, 0.717) is 0 Å². The van der Waals surface area contributed by atoms with E-state index in [-0.39, 0.29) is 12.2 Å². The van der Waals surface area contributed by atoms with Crippen molar-refractivity contribution < 1.29 is 15.0 Å². The fourth-order valence-electron chi connectivity index (χ4n) is 1.59. The van der Waals surface area contributed by atoms with E-state index in [0.717, 1.165) is 18.9 Å². The maximum absolute atomic E-state index is 10.9. The lowest BCUT2D eigenvalue weighted by atomic mass is 10.1. The number of halogens is 1. The van der Waals surface area contributed by atoms with Gasteiger partial charge in [-0.3, -0.25) is 4.79 Å². The Hall–Kier alpha value is -1.21. The zero-order chi connectivity index (χ0) is 13.8. The average Bonchev–Trinajstić information content (AvgIpc) is 2.34. The number of carbonyl (C=O) groups is 1. The first-order valence-corrected chi connectivity index (χ1v) is 7.41. The van der Waals surface area contributed by atoms with E-state index in [4.69, 9.17) is 5.11 Å². The minimum Gasteiger partial charge on any atom is -0.508 e. The Morgan fingerprint density at radius 3 is 2.47 bits per heavy atom. The van der Waals surface area contributed by atoms with E-state index < -0.39 is 5.97 Å². The van der Waals surface area contributed by atoms with E-state index in [1.54, 1.807) is 12.1 Å². The normalized spacial score (nSPS) is 10.4. The van der Waals surface area contributed by atoms with E-state index >= 15 is 0 Å². The summed E-state index contributed by atoms with van der Waals surface area (Å²) in [6.07, 6.45) is 0.0112. The molecule has 0 aliphatic rings. The summed E-state index contributed by atoms with van der Waals surface area (Å²) in [4.78, 5) is 12.8. The second kappa shape index (κ2) is 6.29. The molecule has 2 aromatic carbocycles. The molecule has 0 saturated heterocycles. The molecule has 0 amide bonds. The van der Waals surface area contributed by atoms with Gasteiger partial charge in [-0.2, -0.15) is 0 Å². The molecule has 0 saturated carbocycles.